The first kappa shape index (κ1) is 13.8. The van der Waals surface area contributed by atoms with Gasteiger partial charge in [-0.15, -0.1) is 0 Å². The van der Waals surface area contributed by atoms with Crippen molar-refractivity contribution in [1.82, 2.24) is 10.2 Å². The molecule has 0 saturated carbocycles. The van der Waals surface area contributed by atoms with Gasteiger partial charge < -0.3 is 10.2 Å². The largest absolute Gasteiger partial charge is 0.342 e. The van der Waals surface area contributed by atoms with E-state index in [1.165, 1.54) is 12.8 Å². The first-order valence-corrected chi connectivity index (χ1v) is 7.55. The van der Waals surface area contributed by atoms with Gasteiger partial charge in [0.05, 0.1) is 6.04 Å². The van der Waals surface area contributed by atoms with Crippen LogP contribution in [0.5, 0.6) is 0 Å². The Balaban J connectivity index is 2.38. The lowest BCUT2D eigenvalue weighted by atomic mass is 10.0. The van der Waals surface area contributed by atoms with E-state index in [2.05, 4.69) is 18.5 Å². The van der Waals surface area contributed by atoms with Crippen LogP contribution in [0.4, 0.5) is 0 Å². The average molecular weight is 244 g/mol. The molecule has 0 radical (unpaired) electrons. The second kappa shape index (κ2) is 7.17. The second-order valence-corrected chi connectivity index (χ2v) is 5.57. The summed E-state index contributed by atoms with van der Waals surface area (Å²) in [7, 11) is 1.93. The lowest BCUT2D eigenvalue weighted by molar-refractivity contribution is -0.134. The SMILES string of the molecule is CSCCC(C)N(C)C(=O)[C@H]1CCCCN1. The maximum atomic E-state index is 12.2. The molecule has 0 aromatic rings. The lowest BCUT2D eigenvalue weighted by Gasteiger charge is -2.31. The summed E-state index contributed by atoms with van der Waals surface area (Å²) in [6.07, 6.45) is 6.57. The first-order valence-electron chi connectivity index (χ1n) is 6.15. The molecule has 16 heavy (non-hydrogen) atoms. The Morgan fingerprint density at radius 1 is 1.56 bits per heavy atom. The zero-order valence-corrected chi connectivity index (χ0v) is 11.5. The molecule has 0 aliphatic carbocycles. The maximum absolute atomic E-state index is 12.2. The van der Waals surface area contributed by atoms with Gasteiger partial charge in [0.15, 0.2) is 0 Å². The van der Waals surface area contributed by atoms with Crippen molar-refractivity contribution < 1.29 is 4.79 Å². The Bertz CT molecular complexity index is 217. The van der Waals surface area contributed by atoms with E-state index in [-0.39, 0.29) is 11.9 Å². The second-order valence-electron chi connectivity index (χ2n) is 4.58. The van der Waals surface area contributed by atoms with Crippen LogP contribution in [0.15, 0.2) is 0 Å². The number of rotatable bonds is 5. The van der Waals surface area contributed by atoms with Crippen LogP contribution < -0.4 is 5.32 Å². The molecule has 1 unspecified atom stereocenters. The van der Waals surface area contributed by atoms with Gasteiger partial charge in [-0.2, -0.15) is 11.8 Å². The fourth-order valence-corrected chi connectivity index (χ4v) is 2.58. The smallest absolute Gasteiger partial charge is 0.239 e. The summed E-state index contributed by atoms with van der Waals surface area (Å²) in [5, 5.41) is 3.31. The molecule has 94 valence electrons. The van der Waals surface area contributed by atoms with E-state index in [9.17, 15) is 4.79 Å². The van der Waals surface area contributed by atoms with Crippen LogP contribution in [-0.4, -0.2) is 48.5 Å². The Labute approximate surface area is 103 Å². The van der Waals surface area contributed by atoms with Gasteiger partial charge in [0.25, 0.3) is 0 Å². The summed E-state index contributed by atoms with van der Waals surface area (Å²) >= 11 is 1.84. The van der Waals surface area contributed by atoms with Crippen LogP contribution in [0.1, 0.15) is 32.6 Å². The number of carbonyl (C=O) groups is 1. The molecule has 0 spiro atoms. The van der Waals surface area contributed by atoms with E-state index in [0.29, 0.717) is 6.04 Å². The highest BCUT2D eigenvalue weighted by Gasteiger charge is 2.25. The van der Waals surface area contributed by atoms with Gasteiger partial charge in [0, 0.05) is 13.1 Å². The summed E-state index contributed by atoms with van der Waals surface area (Å²) in [6, 6.07) is 0.416. The molecular formula is C12H24N2OS. The van der Waals surface area contributed by atoms with Crippen molar-refractivity contribution in [2.24, 2.45) is 0 Å². The average Bonchev–Trinajstić information content (AvgIpc) is 2.35. The molecule has 0 aromatic heterocycles. The molecule has 1 saturated heterocycles. The minimum atomic E-state index is 0.0653. The van der Waals surface area contributed by atoms with Gasteiger partial charge in [-0.1, -0.05) is 6.42 Å². The Morgan fingerprint density at radius 3 is 2.88 bits per heavy atom. The standard InChI is InChI=1S/C12H24N2OS/c1-10(7-9-16-3)14(2)12(15)11-6-4-5-8-13-11/h10-11,13H,4-9H2,1-3H3/t10?,11-/m1/s1. The van der Waals surface area contributed by atoms with Crippen molar-refractivity contribution in [3.05, 3.63) is 0 Å². The van der Waals surface area contributed by atoms with Crippen molar-refractivity contribution in [1.29, 1.82) is 0 Å². The van der Waals surface area contributed by atoms with Crippen LogP contribution in [0.2, 0.25) is 0 Å². The number of piperidine rings is 1. The van der Waals surface area contributed by atoms with Crippen LogP contribution in [0.3, 0.4) is 0 Å². The number of nitrogens with one attached hydrogen (secondary N) is 1. The monoisotopic (exact) mass is 244 g/mol. The summed E-state index contributed by atoms with van der Waals surface area (Å²) in [5.74, 6) is 1.39. The summed E-state index contributed by atoms with van der Waals surface area (Å²) in [5.41, 5.74) is 0. The molecule has 1 aliphatic heterocycles. The van der Waals surface area contributed by atoms with E-state index in [4.69, 9.17) is 0 Å². The maximum Gasteiger partial charge on any atom is 0.239 e. The molecule has 1 rings (SSSR count). The molecule has 1 N–H and O–H groups in total. The predicted molar refractivity (Wildman–Crippen MR) is 70.9 cm³/mol. The number of carbonyl (C=O) groups excluding carboxylic acids is 1. The number of likely N-dealkylation sites (N-methyl/N-ethyl adjacent to an activating group) is 1. The molecule has 3 nitrogen and oxygen atoms in total. The lowest BCUT2D eigenvalue weighted by Crippen LogP contribution is -2.49. The Kier molecular flexibility index (Phi) is 6.21. The van der Waals surface area contributed by atoms with Crippen molar-refractivity contribution in [3.8, 4) is 0 Å². The number of hydrogen-bond acceptors (Lipinski definition) is 3. The molecule has 0 bridgehead atoms. The molecule has 1 heterocycles. The normalized spacial score (nSPS) is 22.8. The minimum absolute atomic E-state index is 0.0653. The summed E-state index contributed by atoms with van der Waals surface area (Å²) in [6.45, 7) is 3.13. The minimum Gasteiger partial charge on any atom is -0.342 e. The van der Waals surface area contributed by atoms with Gasteiger partial charge in [-0.3, -0.25) is 4.79 Å². The Hall–Kier alpha value is -0.220. The van der Waals surface area contributed by atoms with E-state index >= 15 is 0 Å². The third kappa shape index (κ3) is 3.98. The fraction of sp³-hybridized carbons (Fsp3) is 0.917. The van der Waals surface area contributed by atoms with Crippen molar-refractivity contribution in [2.45, 2.75) is 44.7 Å². The number of nitrogens with zero attached hydrogens (tertiary/aromatic N) is 1. The van der Waals surface area contributed by atoms with Gasteiger partial charge in [-0.05, 0) is 44.7 Å². The first-order chi connectivity index (χ1) is 7.66. The van der Waals surface area contributed by atoms with Gasteiger partial charge in [-0.25, -0.2) is 0 Å². The zero-order valence-electron chi connectivity index (χ0n) is 10.7. The van der Waals surface area contributed by atoms with Crippen molar-refractivity contribution in [3.63, 3.8) is 0 Å². The summed E-state index contributed by atoms with van der Waals surface area (Å²) < 4.78 is 0. The molecule has 1 fully saturated rings. The van der Waals surface area contributed by atoms with E-state index in [0.717, 1.165) is 25.1 Å². The molecule has 2 atom stereocenters. The molecular weight excluding hydrogens is 220 g/mol. The van der Waals surface area contributed by atoms with Crippen molar-refractivity contribution in [2.75, 3.05) is 25.6 Å². The fourth-order valence-electron chi connectivity index (χ4n) is 2.01. The van der Waals surface area contributed by atoms with Gasteiger partial charge in [0.1, 0.15) is 0 Å². The summed E-state index contributed by atoms with van der Waals surface area (Å²) in [4.78, 5) is 14.1. The zero-order chi connectivity index (χ0) is 12.0. The molecule has 0 aromatic carbocycles. The van der Waals surface area contributed by atoms with Gasteiger partial charge in [0.2, 0.25) is 5.91 Å². The van der Waals surface area contributed by atoms with E-state index < -0.39 is 0 Å². The molecule has 1 amide bonds. The third-order valence-electron chi connectivity index (χ3n) is 3.36. The van der Waals surface area contributed by atoms with Gasteiger partial charge >= 0.3 is 0 Å². The molecule has 1 aliphatic rings. The molecule has 4 heteroatoms. The number of hydrogen-bond donors (Lipinski definition) is 1. The Morgan fingerprint density at radius 2 is 2.31 bits per heavy atom. The topological polar surface area (TPSA) is 32.3 Å². The highest BCUT2D eigenvalue weighted by atomic mass is 32.2. The number of thioether (sulfide) groups is 1. The highest BCUT2D eigenvalue weighted by Crippen LogP contribution is 2.12. The van der Waals surface area contributed by atoms with Crippen LogP contribution >= 0.6 is 11.8 Å². The predicted octanol–water partition coefficient (Wildman–Crippen LogP) is 1.73. The van der Waals surface area contributed by atoms with Crippen LogP contribution in [0, 0.1) is 0 Å². The van der Waals surface area contributed by atoms with E-state index in [1.807, 2.05) is 23.7 Å². The van der Waals surface area contributed by atoms with E-state index in [1.54, 1.807) is 0 Å². The third-order valence-corrected chi connectivity index (χ3v) is 4.00. The van der Waals surface area contributed by atoms with Crippen LogP contribution in [0.25, 0.3) is 0 Å². The van der Waals surface area contributed by atoms with Crippen LogP contribution in [-0.2, 0) is 4.79 Å². The van der Waals surface area contributed by atoms with Crippen molar-refractivity contribution >= 4 is 17.7 Å². The quantitative estimate of drug-likeness (QED) is 0.799. The number of amides is 1. The highest BCUT2D eigenvalue weighted by molar-refractivity contribution is 7.98.